The third-order valence-electron chi connectivity index (χ3n) is 3.44. The smallest absolute Gasteiger partial charge is 0.254 e. The molecule has 0 aliphatic carbocycles. The van der Waals surface area contributed by atoms with E-state index in [4.69, 9.17) is 5.73 Å². The summed E-state index contributed by atoms with van der Waals surface area (Å²) in [5.41, 5.74) is 9.30. The van der Waals surface area contributed by atoms with Crippen molar-refractivity contribution in [2.24, 2.45) is 0 Å². The minimum Gasteiger partial charge on any atom is -0.398 e. The summed E-state index contributed by atoms with van der Waals surface area (Å²) in [6.45, 7) is 7.25. The maximum absolute atomic E-state index is 12.7. The van der Waals surface area contributed by atoms with Crippen molar-refractivity contribution < 1.29 is 4.79 Å². The molecule has 2 N–H and O–H groups in total. The second kappa shape index (κ2) is 6.09. The number of nitrogen functional groups attached to an aromatic ring is 1. The summed E-state index contributed by atoms with van der Waals surface area (Å²) in [6, 6.07) is 7.83. The summed E-state index contributed by atoms with van der Waals surface area (Å²) in [5.74, 6) is 0.0464. The molecule has 1 amide bonds. The average molecular weight is 288 g/mol. The maximum Gasteiger partial charge on any atom is 0.254 e. The number of benzene rings is 1. The van der Waals surface area contributed by atoms with Gasteiger partial charge in [-0.15, -0.1) is 11.3 Å². The molecule has 4 heteroatoms. The van der Waals surface area contributed by atoms with Crippen LogP contribution in [0.3, 0.4) is 0 Å². The number of anilines is 1. The van der Waals surface area contributed by atoms with Crippen LogP contribution in [-0.4, -0.2) is 17.4 Å². The van der Waals surface area contributed by atoms with E-state index in [1.54, 1.807) is 17.4 Å². The van der Waals surface area contributed by atoms with E-state index in [9.17, 15) is 4.79 Å². The highest BCUT2D eigenvalue weighted by atomic mass is 32.1. The third-order valence-corrected chi connectivity index (χ3v) is 4.30. The van der Waals surface area contributed by atoms with Crippen LogP contribution in [0.5, 0.6) is 0 Å². The van der Waals surface area contributed by atoms with Crippen LogP contribution in [0.25, 0.3) is 0 Å². The molecule has 0 unspecified atom stereocenters. The Labute approximate surface area is 124 Å². The van der Waals surface area contributed by atoms with Crippen molar-refractivity contribution in [3.63, 3.8) is 0 Å². The number of rotatable bonds is 4. The zero-order chi connectivity index (χ0) is 14.7. The number of carbonyl (C=O) groups is 1. The van der Waals surface area contributed by atoms with Gasteiger partial charge in [-0.3, -0.25) is 4.79 Å². The molecular weight excluding hydrogens is 268 g/mol. The normalized spacial score (nSPS) is 10.6. The Morgan fingerprint density at radius 2 is 2.05 bits per heavy atom. The Hall–Kier alpha value is -1.81. The summed E-state index contributed by atoms with van der Waals surface area (Å²) >= 11 is 1.67. The van der Waals surface area contributed by atoms with Gasteiger partial charge in [0.2, 0.25) is 0 Å². The van der Waals surface area contributed by atoms with Crippen molar-refractivity contribution in [3.05, 3.63) is 51.2 Å². The van der Waals surface area contributed by atoms with E-state index in [1.165, 1.54) is 4.88 Å². The average Bonchev–Trinajstić information content (AvgIpc) is 2.92. The number of nitrogens with two attached hydrogens (primary N) is 1. The van der Waals surface area contributed by atoms with E-state index in [1.807, 2.05) is 43.2 Å². The molecule has 1 aromatic heterocycles. The molecule has 0 aliphatic heterocycles. The van der Waals surface area contributed by atoms with Crippen LogP contribution >= 0.6 is 11.3 Å². The molecule has 0 bridgehead atoms. The molecule has 0 radical (unpaired) electrons. The summed E-state index contributed by atoms with van der Waals surface area (Å²) in [5, 5.41) is 2.03. The number of carbonyl (C=O) groups excluding carboxylic acids is 1. The molecule has 0 fully saturated rings. The topological polar surface area (TPSA) is 46.3 Å². The van der Waals surface area contributed by atoms with Crippen molar-refractivity contribution in [2.75, 3.05) is 12.3 Å². The van der Waals surface area contributed by atoms with E-state index in [-0.39, 0.29) is 5.91 Å². The van der Waals surface area contributed by atoms with E-state index in [2.05, 4.69) is 6.07 Å². The van der Waals surface area contributed by atoms with Crippen LogP contribution in [0.15, 0.2) is 29.6 Å². The second-order valence-electron chi connectivity index (χ2n) is 4.92. The van der Waals surface area contributed by atoms with Gasteiger partial charge in [-0.05, 0) is 49.4 Å². The van der Waals surface area contributed by atoms with Crippen molar-refractivity contribution in [3.8, 4) is 0 Å². The standard InChI is InChI=1S/C16H20N2OS/c1-4-18(10-13-6-5-7-20-13)16(19)14-9-15(17)12(3)8-11(14)2/h5-9H,4,10,17H2,1-3H3. The fraction of sp³-hybridized carbons (Fsp3) is 0.312. The van der Waals surface area contributed by atoms with E-state index in [0.717, 1.165) is 11.1 Å². The van der Waals surface area contributed by atoms with Gasteiger partial charge in [-0.25, -0.2) is 0 Å². The van der Waals surface area contributed by atoms with Gasteiger partial charge in [0.05, 0.1) is 6.54 Å². The number of amides is 1. The molecular formula is C16H20N2OS. The fourth-order valence-electron chi connectivity index (χ4n) is 2.19. The lowest BCUT2D eigenvalue weighted by Gasteiger charge is -2.21. The quantitative estimate of drug-likeness (QED) is 0.874. The summed E-state index contributed by atoms with van der Waals surface area (Å²) in [4.78, 5) is 15.7. The molecule has 1 aromatic carbocycles. The highest BCUT2D eigenvalue weighted by Crippen LogP contribution is 2.21. The SMILES string of the molecule is CCN(Cc1cccs1)C(=O)c1cc(N)c(C)cc1C. The molecule has 106 valence electrons. The van der Waals surface area contributed by atoms with Crippen LogP contribution < -0.4 is 5.73 Å². The van der Waals surface area contributed by atoms with Crippen molar-refractivity contribution in [2.45, 2.75) is 27.3 Å². The Kier molecular flexibility index (Phi) is 4.45. The number of hydrogen-bond donors (Lipinski definition) is 1. The van der Waals surface area contributed by atoms with Gasteiger partial charge >= 0.3 is 0 Å². The van der Waals surface area contributed by atoms with Gasteiger partial charge in [-0.2, -0.15) is 0 Å². The lowest BCUT2D eigenvalue weighted by Crippen LogP contribution is -2.30. The van der Waals surface area contributed by atoms with Crippen molar-refractivity contribution >= 4 is 22.9 Å². The Bertz CT molecular complexity index is 605. The summed E-state index contributed by atoms with van der Waals surface area (Å²) < 4.78 is 0. The first-order valence-corrected chi connectivity index (χ1v) is 7.59. The fourth-order valence-corrected chi connectivity index (χ4v) is 2.91. The summed E-state index contributed by atoms with van der Waals surface area (Å²) in [7, 11) is 0. The number of thiophene rings is 1. The van der Waals surface area contributed by atoms with E-state index in [0.29, 0.717) is 24.3 Å². The van der Waals surface area contributed by atoms with Gasteiger partial charge < -0.3 is 10.6 Å². The number of aryl methyl sites for hydroxylation is 2. The third kappa shape index (κ3) is 3.02. The first kappa shape index (κ1) is 14.6. The number of nitrogens with zero attached hydrogens (tertiary/aromatic N) is 1. The first-order chi connectivity index (χ1) is 9.52. The Balaban J connectivity index is 2.26. The minimum atomic E-state index is 0.0464. The van der Waals surface area contributed by atoms with E-state index < -0.39 is 0 Å². The molecule has 2 rings (SSSR count). The lowest BCUT2D eigenvalue weighted by atomic mass is 10.0. The molecule has 20 heavy (non-hydrogen) atoms. The van der Waals surface area contributed by atoms with Gasteiger partial charge in [0.15, 0.2) is 0 Å². The Morgan fingerprint density at radius 3 is 2.65 bits per heavy atom. The van der Waals surface area contributed by atoms with Crippen LogP contribution in [0, 0.1) is 13.8 Å². The zero-order valence-corrected chi connectivity index (χ0v) is 13.0. The van der Waals surface area contributed by atoms with Crippen LogP contribution in [0.4, 0.5) is 5.69 Å². The highest BCUT2D eigenvalue weighted by Gasteiger charge is 2.17. The predicted octanol–water partition coefficient (Wildman–Crippen LogP) is 3.61. The van der Waals surface area contributed by atoms with Gasteiger partial charge in [0.1, 0.15) is 0 Å². The Morgan fingerprint density at radius 1 is 1.30 bits per heavy atom. The molecule has 3 nitrogen and oxygen atoms in total. The lowest BCUT2D eigenvalue weighted by molar-refractivity contribution is 0.0753. The summed E-state index contributed by atoms with van der Waals surface area (Å²) in [6.07, 6.45) is 0. The van der Waals surface area contributed by atoms with Gasteiger partial charge in [0.25, 0.3) is 5.91 Å². The first-order valence-electron chi connectivity index (χ1n) is 6.71. The maximum atomic E-state index is 12.7. The zero-order valence-electron chi connectivity index (χ0n) is 12.1. The molecule has 0 saturated heterocycles. The second-order valence-corrected chi connectivity index (χ2v) is 5.95. The highest BCUT2D eigenvalue weighted by molar-refractivity contribution is 7.09. The monoisotopic (exact) mass is 288 g/mol. The minimum absolute atomic E-state index is 0.0464. The molecule has 0 saturated carbocycles. The molecule has 0 atom stereocenters. The van der Waals surface area contributed by atoms with Gasteiger partial charge in [0, 0.05) is 22.7 Å². The van der Waals surface area contributed by atoms with Crippen LogP contribution in [0.2, 0.25) is 0 Å². The molecule has 1 heterocycles. The largest absolute Gasteiger partial charge is 0.398 e. The molecule has 0 aliphatic rings. The van der Waals surface area contributed by atoms with Gasteiger partial charge in [-0.1, -0.05) is 12.1 Å². The molecule has 2 aromatic rings. The predicted molar refractivity (Wildman–Crippen MR) is 85.1 cm³/mol. The molecule has 0 spiro atoms. The van der Waals surface area contributed by atoms with Crippen LogP contribution in [0.1, 0.15) is 33.3 Å². The number of hydrogen-bond acceptors (Lipinski definition) is 3. The van der Waals surface area contributed by atoms with Crippen molar-refractivity contribution in [1.82, 2.24) is 4.90 Å². The van der Waals surface area contributed by atoms with E-state index >= 15 is 0 Å². The van der Waals surface area contributed by atoms with Crippen molar-refractivity contribution in [1.29, 1.82) is 0 Å². The van der Waals surface area contributed by atoms with Crippen LogP contribution in [-0.2, 0) is 6.54 Å².